The predicted octanol–water partition coefficient (Wildman–Crippen LogP) is 4.24. The number of nitrogen functional groups attached to an aromatic ring is 1. The minimum absolute atomic E-state index is 0.125. The Kier molecular flexibility index (Phi) is 7.75. The first-order valence-corrected chi connectivity index (χ1v) is 11.2. The summed E-state index contributed by atoms with van der Waals surface area (Å²) in [6.07, 6.45) is 6.43. The van der Waals surface area contributed by atoms with Crippen molar-refractivity contribution in [3.63, 3.8) is 0 Å². The Balaban J connectivity index is 1.46. The zero-order valence-corrected chi connectivity index (χ0v) is 19.3. The van der Waals surface area contributed by atoms with Gasteiger partial charge < -0.3 is 16.0 Å². The van der Waals surface area contributed by atoms with Crippen molar-refractivity contribution in [2.45, 2.75) is 39.7 Å². The van der Waals surface area contributed by atoms with Gasteiger partial charge >= 0.3 is 0 Å². The Labute approximate surface area is 186 Å². The van der Waals surface area contributed by atoms with E-state index in [9.17, 15) is 4.79 Å². The van der Waals surface area contributed by atoms with Crippen LogP contribution in [0.3, 0.4) is 0 Å². The van der Waals surface area contributed by atoms with E-state index in [0.29, 0.717) is 12.6 Å². The number of likely N-dealkylation sites (N-methyl/N-ethyl adjacent to an activating group) is 1. The van der Waals surface area contributed by atoms with Gasteiger partial charge in [-0.05, 0) is 55.9 Å². The topological polar surface area (TPSA) is 61.6 Å². The number of likely N-dealkylation sites (tertiary alicyclic amines) is 1. The van der Waals surface area contributed by atoms with Crippen molar-refractivity contribution in [2.75, 3.05) is 44.3 Å². The van der Waals surface area contributed by atoms with Gasteiger partial charge in [-0.2, -0.15) is 0 Å². The largest absolute Gasteiger partial charge is 0.398 e. The Hall–Kier alpha value is -2.79. The van der Waals surface area contributed by atoms with Crippen LogP contribution in [0.4, 0.5) is 11.4 Å². The summed E-state index contributed by atoms with van der Waals surface area (Å²) < 4.78 is 0. The molecule has 166 valence electrons. The number of nitrogens with zero attached hydrogens (tertiary/aromatic N) is 2. The number of anilines is 2. The first-order valence-electron chi connectivity index (χ1n) is 11.2. The van der Waals surface area contributed by atoms with Crippen LogP contribution in [0, 0.1) is 20.8 Å². The molecule has 0 aromatic heterocycles. The quantitative estimate of drug-likeness (QED) is 0.658. The van der Waals surface area contributed by atoms with E-state index in [0.717, 1.165) is 60.5 Å². The molecular weight excluding hydrogens is 384 g/mol. The molecule has 31 heavy (non-hydrogen) atoms. The SMILES string of the molecule is Cc1cc(C)c(NCC(=O)N(C)C2CCN(C/C=C/c3ccccc3)CC2)c(C)c1N. The second kappa shape index (κ2) is 10.5. The average molecular weight is 421 g/mol. The van der Waals surface area contributed by atoms with Crippen molar-refractivity contribution in [3.8, 4) is 0 Å². The van der Waals surface area contributed by atoms with Crippen molar-refractivity contribution >= 4 is 23.4 Å². The third kappa shape index (κ3) is 5.88. The van der Waals surface area contributed by atoms with Gasteiger partial charge in [0.2, 0.25) is 5.91 Å². The Bertz CT molecular complexity index is 915. The second-order valence-electron chi connectivity index (χ2n) is 8.63. The first kappa shape index (κ1) is 22.9. The van der Waals surface area contributed by atoms with E-state index < -0.39 is 0 Å². The van der Waals surface area contributed by atoms with Gasteiger partial charge in [0.1, 0.15) is 0 Å². The minimum atomic E-state index is 0.125. The number of carbonyl (C=O) groups excluding carboxylic acids is 1. The molecule has 1 aliphatic heterocycles. The maximum absolute atomic E-state index is 12.8. The number of piperidine rings is 1. The highest BCUT2D eigenvalue weighted by Gasteiger charge is 2.25. The summed E-state index contributed by atoms with van der Waals surface area (Å²) in [7, 11) is 1.93. The highest BCUT2D eigenvalue weighted by Crippen LogP contribution is 2.28. The summed E-state index contributed by atoms with van der Waals surface area (Å²) in [6, 6.07) is 12.8. The molecule has 2 aromatic carbocycles. The van der Waals surface area contributed by atoms with E-state index in [4.69, 9.17) is 5.73 Å². The van der Waals surface area contributed by atoms with Gasteiger partial charge in [0.05, 0.1) is 6.54 Å². The van der Waals surface area contributed by atoms with Crippen LogP contribution in [0.5, 0.6) is 0 Å². The molecule has 1 heterocycles. The maximum Gasteiger partial charge on any atom is 0.241 e. The number of rotatable bonds is 7. The molecule has 0 spiro atoms. The number of benzene rings is 2. The number of hydrogen-bond donors (Lipinski definition) is 2. The molecule has 0 saturated carbocycles. The molecule has 1 amide bonds. The maximum atomic E-state index is 12.8. The molecule has 0 aliphatic carbocycles. The molecule has 2 aromatic rings. The number of carbonyl (C=O) groups is 1. The third-order valence-corrected chi connectivity index (χ3v) is 6.42. The van der Waals surface area contributed by atoms with E-state index >= 15 is 0 Å². The van der Waals surface area contributed by atoms with Gasteiger partial charge in [-0.3, -0.25) is 9.69 Å². The monoisotopic (exact) mass is 420 g/mol. The molecule has 1 saturated heterocycles. The van der Waals surface area contributed by atoms with E-state index in [-0.39, 0.29) is 5.91 Å². The highest BCUT2D eigenvalue weighted by molar-refractivity contribution is 5.82. The standard InChI is InChI=1S/C26H36N4O/c1-19-17-20(2)26(21(3)25(19)27)28-18-24(31)29(4)23-12-15-30(16-13-23)14-8-11-22-9-6-5-7-10-22/h5-11,17,23,28H,12-16,18,27H2,1-4H3/b11-8+. The van der Waals surface area contributed by atoms with Crippen LogP contribution in [-0.4, -0.2) is 55.0 Å². The predicted molar refractivity (Wildman–Crippen MR) is 131 cm³/mol. The lowest BCUT2D eigenvalue weighted by Gasteiger charge is -2.36. The van der Waals surface area contributed by atoms with Crippen molar-refractivity contribution in [1.82, 2.24) is 9.80 Å². The van der Waals surface area contributed by atoms with Gasteiger partial charge in [-0.25, -0.2) is 0 Å². The number of nitrogens with one attached hydrogen (secondary N) is 1. The first-order chi connectivity index (χ1) is 14.9. The lowest BCUT2D eigenvalue weighted by atomic mass is 10.0. The molecule has 5 nitrogen and oxygen atoms in total. The Morgan fingerprint density at radius 2 is 1.84 bits per heavy atom. The number of aryl methyl sites for hydroxylation is 2. The normalized spacial score (nSPS) is 15.4. The molecule has 0 bridgehead atoms. The van der Waals surface area contributed by atoms with Crippen LogP contribution in [0.1, 0.15) is 35.1 Å². The molecule has 0 atom stereocenters. The summed E-state index contributed by atoms with van der Waals surface area (Å²) in [4.78, 5) is 17.2. The van der Waals surface area contributed by atoms with Crippen molar-refractivity contribution < 1.29 is 4.79 Å². The zero-order valence-electron chi connectivity index (χ0n) is 19.3. The van der Waals surface area contributed by atoms with Gasteiger partial charge in [-0.15, -0.1) is 0 Å². The summed E-state index contributed by atoms with van der Waals surface area (Å²) >= 11 is 0. The summed E-state index contributed by atoms with van der Waals surface area (Å²) in [5.41, 5.74) is 12.4. The minimum Gasteiger partial charge on any atom is -0.398 e. The fourth-order valence-corrected chi connectivity index (χ4v) is 4.36. The molecule has 5 heteroatoms. The fraction of sp³-hybridized carbons (Fsp3) is 0.423. The van der Waals surface area contributed by atoms with Crippen molar-refractivity contribution in [1.29, 1.82) is 0 Å². The highest BCUT2D eigenvalue weighted by atomic mass is 16.2. The van der Waals surface area contributed by atoms with Crippen LogP contribution in [-0.2, 0) is 4.79 Å². The number of hydrogen-bond acceptors (Lipinski definition) is 4. The molecule has 3 N–H and O–H groups in total. The third-order valence-electron chi connectivity index (χ3n) is 6.42. The van der Waals surface area contributed by atoms with Crippen LogP contribution in [0.15, 0.2) is 42.5 Å². The molecule has 3 rings (SSSR count). The van der Waals surface area contributed by atoms with Gasteiger partial charge in [0, 0.05) is 44.1 Å². The summed E-state index contributed by atoms with van der Waals surface area (Å²) in [6.45, 7) is 9.35. The number of nitrogens with two attached hydrogens (primary N) is 1. The Morgan fingerprint density at radius 3 is 2.52 bits per heavy atom. The van der Waals surface area contributed by atoms with Crippen LogP contribution >= 0.6 is 0 Å². The zero-order chi connectivity index (χ0) is 22.4. The van der Waals surface area contributed by atoms with Gasteiger partial charge in [0.25, 0.3) is 0 Å². The van der Waals surface area contributed by atoms with Gasteiger partial charge in [-0.1, -0.05) is 48.6 Å². The van der Waals surface area contributed by atoms with Crippen molar-refractivity contribution in [2.24, 2.45) is 0 Å². The lowest BCUT2D eigenvalue weighted by Crippen LogP contribution is -2.47. The van der Waals surface area contributed by atoms with E-state index in [1.54, 1.807) is 0 Å². The smallest absolute Gasteiger partial charge is 0.241 e. The van der Waals surface area contributed by atoms with Gasteiger partial charge in [0.15, 0.2) is 0 Å². The van der Waals surface area contributed by atoms with E-state index in [2.05, 4.69) is 59.6 Å². The van der Waals surface area contributed by atoms with E-state index in [1.807, 2.05) is 31.9 Å². The second-order valence-corrected chi connectivity index (χ2v) is 8.63. The fourth-order valence-electron chi connectivity index (χ4n) is 4.36. The summed E-state index contributed by atoms with van der Waals surface area (Å²) in [5.74, 6) is 0.125. The van der Waals surface area contributed by atoms with Crippen LogP contribution < -0.4 is 11.1 Å². The van der Waals surface area contributed by atoms with Crippen molar-refractivity contribution in [3.05, 3.63) is 64.7 Å². The van der Waals surface area contributed by atoms with Crippen LogP contribution in [0.2, 0.25) is 0 Å². The molecule has 1 aliphatic rings. The molecular formula is C26H36N4O. The van der Waals surface area contributed by atoms with E-state index in [1.165, 1.54) is 5.56 Å². The van der Waals surface area contributed by atoms with Crippen LogP contribution in [0.25, 0.3) is 6.08 Å². The average Bonchev–Trinajstić information content (AvgIpc) is 2.78. The summed E-state index contributed by atoms with van der Waals surface area (Å²) in [5, 5.41) is 3.33. The lowest BCUT2D eigenvalue weighted by molar-refractivity contribution is -0.130. The molecule has 0 radical (unpaired) electrons. The number of amides is 1. The molecule has 1 fully saturated rings. The Morgan fingerprint density at radius 1 is 1.16 bits per heavy atom. The molecule has 0 unspecified atom stereocenters.